The number of benzene rings is 1. The van der Waals surface area contributed by atoms with E-state index in [2.05, 4.69) is 15.8 Å². The molecule has 0 atom stereocenters. The maximum absolute atomic E-state index is 12.9. The van der Waals surface area contributed by atoms with Gasteiger partial charge < -0.3 is 15.6 Å². The number of halogens is 2. The molecule has 118 valence electrons. The molecule has 2 rings (SSSR count). The first kappa shape index (κ1) is 15.7. The van der Waals surface area contributed by atoms with Gasteiger partial charge in [0.1, 0.15) is 19.1 Å². The van der Waals surface area contributed by atoms with Gasteiger partial charge in [-0.15, -0.1) is 0 Å². The molecule has 8 heteroatoms. The maximum Gasteiger partial charge on any atom is 0.324 e. The molecule has 0 aliphatic carbocycles. The topological polar surface area (TPSA) is 93.2 Å². The van der Waals surface area contributed by atoms with Gasteiger partial charge in [-0.25, -0.2) is 13.6 Å². The summed E-state index contributed by atoms with van der Waals surface area (Å²) in [6.45, 7) is -0.503. The van der Waals surface area contributed by atoms with Crippen molar-refractivity contribution in [1.29, 1.82) is 0 Å². The van der Waals surface area contributed by atoms with Crippen molar-refractivity contribution in [2.75, 3.05) is 29.7 Å². The van der Waals surface area contributed by atoms with Gasteiger partial charge in [-0.2, -0.15) is 0 Å². The number of hydrogen-bond donors (Lipinski definition) is 3. The Hall–Kier alpha value is -2.64. The number of carbonyl (C=O) groups is 1. The van der Waals surface area contributed by atoms with Crippen molar-refractivity contribution in [2.45, 2.75) is 12.3 Å². The van der Waals surface area contributed by atoms with E-state index in [-0.39, 0.29) is 11.6 Å². The smallest absolute Gasteiger partial charge is 0.324 e. The van der Waals surface area contributed by atoms with Crippen LogP contribution in [0.5, 0.6) is 0 Å². The molecule has 4 N–H and O–H groups in total. The van der Waals surface area contributed by atoms with E-state index >= 15 is 0 Å². The van der Waals surface area contributed by atoms with E-state index in [1.807, 2.05) is 0 Å². The highest BCUT2D eigenvalue weighted by molar-refractivity contribution is 5.99. The average molecular weight is 310 g/mol. The number of anilines is 3. The molecule has 0 radical (unpaired) electrons. The number of carbonyl (C=O) groups excluding carboxylic acids is 1. The van der Waals surface area contributed by atoms with Crippen LogP contribution in [-0.2, 0) is 5.41 Å². The van der Waals surface area contributed by atoms with E-state index in [1.165, 1.54) is 13.0 Å². The maximum atomic E-state index is 12.9. The molecule has 0 aliphatic rings. The third-order valence-electron chi connectivity index (χ3n) is 3.11. The van der Waals surface area contributed by atoms with Gasteiger partial charge in [-0.1, -0.05) is 5.16 Å². The third-order valence-corrected chi connectivity index (χ3v) is 3.11. The second-order valence-electron chi connectivity index (χ2n) is 5.11. The van der Waals surface area contributed by atoms with Gasteiger partial charge in [-0.05, 0) is 31.2 Å². The summed E-state index contributed by atoms with van der Waals surface area (Å²) in [4.78, 5) is 11.8. The zero-order chi connectivity index (χ0) is 16.2. The Bertz CT molecular complexity index is 639. The molecule has 0 saturated heterocycles. The highest BCUT2D eigenvalue weighted by atomic mass is 19.1. The normalized spacial score (nSPS) is 11.2. The van der Waals surface area contributed by atoms with Gasteiger partial charge in [-0.3, -0.25) is 5.32 Å². The molecule has 0 spiro atoms. The number of aromatic nitrogens is 1. The predicted octanol–water partition coefficient (Wildman–Crippen LogP) is 3.10. The van der Waals surface area contributed by atoms with Crippen molar-refractivity contribution >= 4 is 23.2 Å². The molecule has 0 bridgehead atoms. The Morgan fingerprint density at radius 3 is 2.50 bits per heavy atom. The van der Waals surface area contributed by atoms with Crippen LogP contribution >= 0.6 is 0 Å². The zero-order valence-corrected chi connectivity index (χ0v) is 11.9. The molecule has 0 saturated carbocycles. The Balaban J connectivity index is 2.00. The number of amides is 2. The fourth-order valence-corrected chi connectivity index (χ4v) is 1.63. The molecule has 1 heterocycles. The molecular formula is C14H16F2N4O2. The van der Waals surface area contributed by atoms with Crippen LogP contribution in [-0.4, -0.2) is 24.5 Å². The SMILES string of the molecule is CC(CF)(CF)c1cc(NC(=O)Nc2ccc(N)cc2)no1. The number of rotatable bonds is 5. The lowest BCUT2D eigenvalue weighted by molar-refractivity contribution is 0.206. The first-order valence-corrected chi connectivity index (χ1v) is 6.49. The van der Waals surface area contributed by atoms with Crippen LogP contribution in [0, 0.1) is 0 Å². The van der Waals surface area contributed by atoms with E-state index < -0.39 is 24.8 Å². The number of alkyl halides is 2. The van der Waals surface area contributed by atoms with Crippen LogP contribution in [0.15, 0.2) is 34.9 Å². The summed E-state index contributed by atoms with van der Waals surface area (Å²) < 4.78 is 30.7. The molecule has 0 aliphatic heterocycles. The lowest BCUT2D eigenvalue weighted by Gasteiger charge is -2.17. The fourth-order valence-electron chi connectivity index (χ4n) is 1.63. The highest BCUT2D eigenvalue weighted by Crippen LogP contribution is 2.27. The first-order valence-electron chi connectivity index (χ1n) is 6.49. The Kier molecular flexibility index (Phi) is 4.59. The second kappa shape index (κ2) is 6.42. The summed E-state index contributed by atoms with van der Waals surface area (Å²) in [5, 5.41) is 8.55. The summed E-state index contributed by atoms with van der Waals surface area (Å²) >= 11 is 0. The van der Waals surface area contributed by atoms with Crippen molar-refractivity contribution < 1.29 is 18.1 Å². The van der Waals surface area contributed by atoms with Crippen molar-refractivity contribution in [3.63, 3.8) is 0 Å². The molecule has 1 aromatic carbocycles. The largest absolute Gasteiger partial charge is 0.399 e. The minimum atomic E-state index is -1.40. The van der Waals surface area contributed by atoms with E-state index in [9.17, 15) is 13.6 Å². The Morgan fingerprint density at radius 1 is 1.27 bits per heavy atom. The quantitative estimate of drug-likeness (QED) is 0.740. The molecule has 0 fully saturated rings. The van der Waals surface area contributed by atoms with Gasteiger partial charge in [0.25, 0.3) is 0 Å². The molecule has 1 aromatic heterocycles. The van der Waals surface area contributed by atoms with Crippen LogP contribution in [0.4, 0.5) is 30.8 Å². The lowest BCUT2D eigenvalue weighted by atomic mass is 9.91. The molecule has 22 heavy (non-hydrogen) atoms. The second-order valence-corrected chi connectivity index (χ2v) is 5.11. The minimum absolute atomic E-state index is 0.0280. The molecular weight excluding hydrogens is 294 g/mol. The molecule has 6 nitrogen and oxygen atoms in total. The van der Waals surface area contributed by atoms with Gasteiger partial charge in [0.05, 0.1) is 5.41 Å². The van der Waals surface area contributed by atoms with Gasteiger partial charge in [0, 0.05) is 17.4 Å². The molecule has 0 unspecified atom stereocenters. The number of nitrogens with one attached hydrogen (secondary N) is 2. The number of urea groups is 1. The fraction of sp³-hybridized carbons (Fsp3) is 0.286. The van der Waals surface area contributed by atoms with Crippen LogP contribution in [0.25, 0.3) is 0 Å². The zero-order valence-electron chi connectivity index (χ0n) is 11.9. The van der Waals surface area contributed by atoms with Gasteiger partial charge >= 0.3 is 6.03 Å². The van der Waals surface area contributed by atoms with Crippen LogP contribution in [0.3, 0.4) is 0 Å². The van der Waals surface area contributed by atoms with E-state index in [0.29, 0.717) is 11.4 Å². The van der Waals surface area contributed by atoms with Crippen molar-refractivity contribution in [3.05, 3.63) is 36.1 Å². The number of hydrogen-bond acceptors (Lipinski definition) is 4. The van der Waals surface area contributed by atoms with E-state index in [1.54, 1.807) is 24.3 Å². The molecule has 2 aromatic rings. The lowest BCUT2D eigenvalue weighted by Crippen LogP contribution is -2.26. The van der Waals surface area contributed by atoms with Crippen LogP contribution < -0.4 is 16.4 Å². The monoisotopic (exact) mass is 310 g/mol. The van der Waals surface area contributed by atoms with Crippen molar-refractivity contribution in [3.8, 4) is 0 Å². The Morgan fingerprint density at radius 2 is 1.91 bits per heavy atom. The summed E-state index contributed by atoms with van der Waals surface area (Å²) in [5.74, 6) is 0.0938. The summed E-state index contributed by atoms with van der Waals surface area (Å²) in [5.41, 5.74) is 5.24. The van der Waals surface area contributed by atoms with Crippen LogP contribution in [0.1, 0.15) is 12.7 Å². The summed E-state index contributed by atoms with van der Waals surface area (Å²) in [6, 6.07) is 7.27. The number of nitrogen functional groups attached to an aromatic ring is 1. The van der Waals surface area contributed by atoms with Gasteiger partial charge in [0.15, 0.2) is 5.82 Å². The predicted molar refractivity (Wildman–Crippen MR) is 79.3 cm³/mol. The van der Waals surface area contributed by atoms with Crippen LogP contribution in [0.2, 0.25) is 0 Å². The number of nitrogens with two attached hydrogens (primary N) is 1. The number of nitrogens with zero attached hydrogens (tertiary/aromatic N) is 1. The Labute approximate surface area is 125 Å². The van der Waals surface area contributed by atoms with E-state index in [0.717, 1.165) is 0 Å². The minimum Gasteiger partial charge on any atom is -0.399 e. The van der Waals surface area contributed by atoms with Gasteiger partial charge in [0.2, 0.25) is 0 Å². The highest BCUT2D eigenvalue weighted by Gasteiger charge is 2.32. The standard InChI is InChI=1S/C14H16F2N4O2/c1-14(7-15,8-16)11-6-12(20-22-11)19-13(21)18-10-4-2-9(17)3-5-10/h2-6H,7-8,17H2,1H3,(H2,18,19,20,21). The average Bonchev–Trinajstić information content (AvgIpc) is 2.97. The van der Waals surface area contributed by atoms with E-state index in [4.69, 9.17) is 10.3 Å². The first-order chi connectivity index (χ1) is 10.5. The summed E-state index contributed by atoms with van der Waals surface area (Å²) in [7, 11) is 0. The third kappa shape index (κ3) is 3.51. The summed E-state index contributed by atoms with van der Waals surface area (Å²) in [6.07, 6.45) is 0. The van der Waals surface area contributed by atoms with Crippen molar-refractivity contribution in [1.82, 2.24) is 5.16 Å². The van der Waals surface area contributed by atoms with Crippen molar-refractivity contribution in [2.24, 2.45) is 0 Å². The molecule has 2 amide bonds.